The Labute approximate surface area is 144 Å². The Bertz CT molecular complexity index is 827. The number of hydrogen-bond donors (Lipinski definition) is 2. The van der Waals surface area contributed by atoms with E-state index in [0.717, 1.165) is 32.0 Å². The molecule has 0 radical (unpaired) electrons. The van der Waals surface area contributed by atoms with Gasteiger partial charge >= 0.3 is 0 Å². The van der Waals surface area contributed by atoms with Crippen LogP contribution in [-0.4, -0.2) is 51.0 Å². The molecule has 0 saturated carbocycles. The highest BCUT2D eigenvalue weighted by molar-refractivity contribution is 5.60. The number of ether oxygens (including phenoxy) is 1. The number of nitrogens with one attached hydrogen (secondary N) is 1. The third-order valence-electron chi connectivity index (χ3n) is 3.92. The SMILES string of the molecule is Nc1nc(Nc2ccc(N3CCOCC3)cc2)nn1-c1ccncn1. The van der Waals surface area contributed by atoms with Gasteiger partial charge in [0.1, 0.15) is 6.33 Å². The van der Waals surface area contributed by atoms with E-state index in [4.69, 9.17) is 10.5 Å². The molecule has 9 nitrogen and oxygen atoms in total. The lowest BCUT2D eigenvalue weighted by atomic mass is 10.2. The van der Waals surface area contributed by atoms with E-state index in [1.807, 2.05) is 12.1 Å². The number of anilines is 4. The standard InChI is InChI=1S/C16H18N8O/c17-15-21-16(22-24(15)14-5-6-18-11-19-14)20-12-1-3-13(4-2-12)23-7-9-25-10-8-23/h1-6,11H,7-10H2,(H3,17,20,21,22). The molecule has 0 unspecified atom stereocenters. The summed E-state index contributed by atoms with van der Waals surface area (Å²) in [6, 6.07) is 9.83. The lowest BCUT2D eigenvalue weighted by Gasteiger charge is -2.28. The second-order valence-corrected chi connectivity index (χ2v) is 5.54. The molecule has 25 heavy (non-hydrogen) atoms. The maximum absolute atomic E-state index is 5.92. The molecule has 3 aromatic rings. The van der Waals surface area contributed by atoms with Crippen molar-refractivity contribution in [2.75, 3.05) is 42.3 Å². The Kier molecular flexibility index (Phi) is 4.13. The molecular formula is C16H18N8O. The van der Waals surface area contributed by atoms with Gasteiger partial charge in [0.15, 0.2) is 5.82 Å². The fourth-order valence-corrected chi connectivity index (χ4v) is 2.66. The van der Waals surface area contributed by atoms with Crippen molar-refractivity contribution in [3.05, 3.63) is 42.9 Å². The Morgan fingerprint density at radius 3 is 2.60 bits per heavy atom. The predicted molar refractivity (Wildman–Crippen MR) is 94.1 cm³/mol. The Hall–Kier alpha value is -3.20. The maximum atomic E-state index is 5.92. The summed E-state index contributed by atoms with van der Waals surface area (Å²) in [4.78, 5) is 14.5. The van der Waals surface area contributed by atoms with Gasteiger partial charge in [0.25, 0.3) is 0 Å². The Morgan fingerprint density at radius 1 is 1.08 bits per heavy atom. The molecule has 0 aliphatic carbocycles. The van der Waals surface area contributed by atoms with E-state index in [9.17, 15) is 0 Å². The predicted octanol–water partition coefficient (Wildman–Crippen LogP) is 1.22. The van der Waals surface area contributed by atoms with Gasteiger partial charge in [-0.05, 0) is 24.3 Å². The van der Waals surface area contributed by atoms with E-state index in [1.54, 1.807) is 12.3 Å². The number of nitrogens with two attached hydrogens (primary N) is 1. The first-order valence-electron chi connectivity index (χ1n) is 7.98. The minimum atomic E-state index is 0.256. The molecule has 0 atom stereocenters. The number of benzene rings is 1. The second-order valence-electron chi connectivity index (χ2n) is 5.54. The van der Waals surface area contributed by atoms with E-state index in [-0.39, 0.29) is 5.95 Å². The molecule has 1 aliphatic heterocycles. The molecule has 3 heterocycles. The fraction of sp³-hybridized carbons (Fsp3) is 0.250. The van der Waals surface area contributed by atoms with Crippen molar-refractivity contribution in [2.45, 2.75) is 0 Å². The van der Waals surface area contributed by atoms with E-state index >= 15 is 0 Å². The van der Waals surface area contributed by atoms with Gasteiger partial charge in [0.2, 0.25) is 11.9 Å². The maximum Gasteiger partial charge on any atom is 0.248 e. The van der Waals surface area contributed by atoms with Crippen LogP contribution in [0.25, 0.3) is 5.82 Å². The fourth-order valence-electron chi connectivity index (χ4n) is 2.66. The highest BCUT2D eigenvalue weighted by Gasteiger charge is 2.12. The number of aromatic nitrogens is 5. The van der Waals surface area contributed by atoms with Gasteiger partial charge in [0, 0.05) is 36.7 Å². The van der Waals surface area contributed by atoms with Gasteiger partial charge in [-0.15, -0.1) is 5.10 Å². The van der Waals surface area contributed by atoms with Crippen LogP contribution in [0.3, 0.4) is 0 Å². The van der Waals surface area contributed by atoms with Crippen molar-refractivity contribution in [3.63, 3.8) is 0 Å². The molecule has 0 spiro atoms. The van der Waals surface area contributed by atoms with Crippen molar-refractivity contribution in [2.24, 2.45) is 0 Å². The first kappa shape index (κ1) is 15.3. The van der Waals surface area contributed by atoms with Gasteiger partial charge in [-0.1, -0.05) is 0 Å². The third kappa shape index (κ3) is 3.36. The average Bonchev–Trinajstić information content (AvgIpc) is 3.04. The molecule has 128 valence electrons. The van der Waals surface area contributed by atoms with Crippen molar-refractivity contribution in [1.29, 1.82) is 0 Å². The van der Waals surface area contributed by atoms with E-state index < -0.39 is 0 Å². The summed E-state index contributed by atoms with van der Waals surface area (Å²) in [6.45, 7) is 3.36. The zero-order valence-electron chi connectivity index (χ0n) is 13.5. The zero-order chi connectivity index (χ0) is 17.1. The summed E-state index contributed by atoms with van der Waals surface area (Å²) < 4.78 is 6.84. The normalized spacial score (nSPS) is 14.5. The highest BCUT2D eigenvalue weighted by Crippen LogP contribution is 2.21. The minimum Gasteiger partial charge on any atom is -0.378 e. The molecule has 3 N–H and O–H groups in total. The summed E-state index contributed by atoms with van der Waals surface area (Å²) in [6.07, 6.45) is 3.06. The smallest absolute Gasteiger partial charge is 0.248 e. The van der Waals surface area contributed by atoms with E-state index in [2.05, 4.69) is 42.4 Å². The summed E-state index contributed by atoms with van der Waals surface area (Å²) >= 11 is 0. The molecule has 1 aliphatic rings. The van der Waals surface area contributed by atoms with Crippen molar-refractivity contribution >= 4 is 23.3 Å². The van der Waals surface area contributed by atoms with Crippen molar-refractivity contribution in [1.82, 2.24) is 24.7 Å². The number of hydrogen-bond acceptors (Lipinski definition) is 8. The quantitative estimate of drug-likeness (QED) is 0.731. The van der Waals surface area contributed by atoms with Crippen molar-refractivity contribution in [3.8, 4) is 5.82 Å². The molecule has 1 fully saturated rings. The molecule has 4 rings (SSSR count). The molecule has 1 saturated heterocycles. The highest BCUT2D eigenvalue weighted by atomic mass is 16.5. The number of morpholine rings is 1. The van der Waals surface area contributed by atoms with Gasteiger partial charge in [0.05, 0.1) is 13.2 Å². The number of nitrogens with zero attached hydrogens (tertiary/aromatic N) is 6. The van der Waals surface area contributed by atoms with Crippen LogP contribution in [0.2, 0.25) is 0 Å². The molecule has 1 aromatic carbocycles. The first-order valence-corrected chi connectivity index (χ1v) is 7.98. The van der Waals surface area contributed by atoms with Crippen molar-refractivity contribution < 1.29 is 4.74 Å². The summed E-state index contributed by atoms with van der Waals surface area (Å²) in [5, 5.41) is 7.50. The summed E-state index contributed by atoms with van der Waals surface area (Å²) in [7, 11) is 0. The van der Waals surface area contributed by atoms with Crippen LogP contribution in [0.15, 0.2) is 42.9 Å². The van der Waals surface area contributed by atoms with Gasteiger partial charge in [-0.3, -0.25) is 0 Å². The summed E-state index contributed by atoms with van der Waals surface area (Å²) in [5.74, 6) is 1.23. The molecule has 9 heteroatoms. The molecular weight excluding hydrogens is 320 g/mol. The second kappa shape index (κ2) is 6.73. The van der Waals surface area contributed by atoms with Crippen LogP contribution in [0.1, 0.15) is 0 Å². The van der Waals surface area contributed by atoms with E-state index in [1.165, 1.54) is 16.7 Å². The van der Waals surface area contributed by atoms with Gasteiger partial charge in [-0.2, -0.15) is 9.67 Å². The Balaban J connectivity index is 1.49. The minimum absolute atomic E-state index is 0.256. The van der Waals surface area contributed by atoms with Gasteiger partial charge in [-0.25, -0.2) is 9.97 Å². The topological polar surface area (TPSA) is 107 Å². The van der Waals surface area contributed by atoms with Crippen LogP contribution >= 0.6 is 0 Å². The van der Waals surface area contributed by atoms with E-state index in [0.29, 0.717) is 11.8 Å². The average molecular weight is 338 g/mol. The largest absolute Gasteiger partial charge is 0.378 e. The summed E-state index contributed by atoms with van der Waals surface area (Å²) in [5.41, 5.74) is 7.98. The monoisotopic (exact) mass is 338 g/mol. The lowest BCUT2D eigenvalue weighted by Crippen LogP contribution is -2.36. The third-order valence-corrected chi connectivity index (χ3v) is 3.92. The van der Waals surface area contributed by atoms with Crippen LogP contribution in [0, 0.1) is 0 Å². The number of nitrogen functional groups attached to an aromatic ring is 1. The Morgan fingerprint density at radius 2 is 1.88 bits per heavy atom. The zero-order valence-corrected chi connectivity index (χ0v) is 13.5. The van der Waals surface area contributed by atoms with Crippen LogP contribution in [0.5, 0.6) is 0 Å². The molecule has 0 bridgehead atoms. The first-order chi connectivity index (χ1) is 12.3. The van der Waals surface area contributed by atoms with Crippen LogP contribution in [0.4, 0.5) is 23.3 Å². The van der Waals surface area contributed by atoms with Crippen LogP contribution in [-0.2, 0) is 4.74 Å². The lowest BCUT2D eigenvalue weighted by molar-refractivity contribution is 0.122. The van der Waals surface area contributed by atoms with Gasteiger partial charge < -0.3 is 20.7 Å². The molecule has 2 aromatic heterocycles. The number of rotatable bonds is 4. The molecule has 0 amide bonds. The van der Waals surface area contributed by atoms with Crippen LogP contribution < -0.4 is 16.0 Å².